The molecule has 6 heteroatoms. The molecule has 0 atom stereocenters. The van der Waals surface area contributed by atoms with E-state index in [9.17, 15) is 9.59 Å². The minimum Gasteiger partial charge on any atom is -0.399 e. The van der Waals surface area contributed by atoms with E-state index in [-0.39, 0.29) is 12.1 Å². The van der Waals surface area contributed by atoms with Crippen molar-refractivity contribution in [2.75, 3.05) is 31.9 Å². The van der Waals surface area contributed by atoms with Crippen LogP contribution in [-0.4, -0.2) is 54.5 Å². The van der Waals surface area contributed by atoms with Gasteiger partial charge < -0.3 is 20.9 Å². The Morgan fingerprint density at radius 2 is 2.09 bits per heavy atom. The number of urea groups is 1. The number of nitrogens with zero attached hydrogens (tertiary/aromatic N) is 2. The molecular weight excluding hydrogens is 292 g/mol. The molecular formula is C17H26N4O2. The maximum Gasteiger partial charge on any atom is 0.317 e. The van der Waals surface area contributed by atoms with Gasteiger partial charge in [-0.1, -0.05) is 18.2 Å². The zero-order chi connectivity index (χ0) is 16.7. The number of carbonyl (C=O) groups is 2. The second kappa shape index (κ2) is 8.41. The topological polar surface area (TPSA) is 78.7 Å². The number of nitrogens with one attached hydrogen (secondary N) is 1. The Morgan fingerprint density at radius 3 is 2.70 bits per heavy atom. The molecule has 0 aromatic heterocycles. The van der Waals surface area contributed by atoms with Gasteiger partial charge in [0.2, 0.25) is 6.41 Å². The third-order valence-corrected chi connectivity index (χ3v) is 4.38. The predicted octanol–water partition coefficient (Wildman–Crippen LogP) is 1.46. The molecule has 0 saturated carbocycles. The molecule has 0 spiro atoms. The van der Waals surface area contributed by atoms with E-state index in [4.69, 9.17) is 5.73 Å². The highest BCUT2D eigenvalue weighted by atomic mass is 16.2. The average Bonchev–Trinajstić information content (AvgIpc) is 2.57. The van der Waals surface area contributed by atoms with Gasteiger partial charge >= 0.3 is 6.03 Å². The van der Waals surface area contributed by atoms with Gasteiger partial charge in [0.05, 0.1) is 0 Å². The van der Waals surface area contributed by atoms with Gasteiger partial charge in [-0.15, -0.1) is 0 Å². The van der Waals surface area contributed by atoms with Gasteiger partial charge in [0.15, 0.2) is 0 Å². The van der Waals surface area contributed by atoms with E-state index < -0.39 is 0 Å². The van der Waals surface area contributed by atoms with Crippen LogP contribution in [0.4, 0.5) is 10.5 Å². The zero-order valence-electron chi connectivity index (χ0n) is 13.7. The van der Waals surface area contributed by atoms with E-state index in [1.807, 2.05) is 41.0 Å². The van der Waals surface area contributed by atoms with Crippen molar-refractivity contribution in [2.24, 2.45) is 0 Å². The molecule has 6 nitrogen and oxygen atoms in total. The molecule has 1 aliphatic heterocycles. The van der Waals surface area contributed by atoms with Crippen LogP contribution in [0.15, 0.2) is 24.3 Å². The Hall–Kier alpha value is -2.24. The molecule has 3 amide bonds. The van der Waals surface area contributed by atoms with Crippen LogP contribution in [0, 0.1) is 0 Å². The number of nitrogens with two attached hydrogens (primary N) is 1. The van der Waals surface area contributed by atoms with Crippen LogP contribution < -0.4 is 11.1 Å². The molecule has 2 rings (SSSR count). The highest BCUT2D eigenvalue weighted by Crippen LogP contribution is 2.17. The van der Waals surface area contributed by atoms with Crippen molar-refractivity contribution < 1.29 is 9.59 Å². The van der Waals surface area contributed by atoms with Crippen molar-refractivity contribution >= 4 is 18.1 Å². The summed E-state index contributed by atoms with van der Waals surface area (Å²) in [5.41, 5.74) is 7.79. The van der Waals surface area contributed by atoms with Crippen molar-refractivity contribution in [1.82, 2.24) is 15.1 Å². The molecule has 1 saturated heterocycles. The summed E-state index contributed by atoms with van der Waals surface area (Å²) in [6.07, 6.45) is 3.31. The summed E-state index contributed by atoms with van der Waals surface area (Å²) < 4.78 is 0. The lowest BCUT2D eigenvalue weighted by atomic mass is 10.0. The molecule has 126 valence electrons. The number of nitrogen functional groups attached to an aromatic ring is 1. The number of rotatable bonds is 6. The van der Waals surface area contributed by atoms with Crippen LogP contribution in [0.5, 0.6) is 0 Å². The molecule has 1 aliphatic rings. The maximum absolute atomic E-state index is 11.8. The number of para-hydroxylation sites is 1. The first-order valence-electron chi connectivity index (χ1n) is 8.23. The summed E-state index contributed by atoms with van der Waals surface area (Å²) in [5.74, 6) is 0. The summed E-state index contributed by atoms with van der Waals surface area (Å²) >= 11 is 0. The summed E-state index contributed by atoms with van der Waals surface area (Å²) in [6.45, 7) is 4.58. The van der Waals surface area contributed by atoms with Gasteiger partial charge in [0.1, 0.15) is 0 Å². The fourth-order valence-electron chi connectivity index (χ4n) is 3.00. The molecule has 0 aliphatic carbocycles. The standard InChI is InChI=1S/C17H26N4O2/c1-2-19-17(23)20-11-8-15(9-12-20)21(13-22)10-7-14-5-3-4-6-16(14)18/h3-6,13,15H,2,7-12,18H2,1H3,(H,19,23). The number of carbonyl (C=O) groups excluding carboxylic acids is 2. The van der Waals surface area contributed by atoms with Crippen LogP contribution in [-0.2, 0) is 11.2 Å². The number of benzene rings is 1. The van der Waals surface area contributed by atoms with Crippen LogP contribution >= 0.6 is 0 Å². The highest BCUT2D eigenvalue weighted by Gasteiger charge is 2.25. The smallest absolute Gasteiger partial charge is 0.317 e. The van der Waals surface area contributed by atoms with Gasteiger partial charge in [-0.3, -0.25) is 4.79 Å². The predicted molar refractivity (Wildman–Crippen MR) is 91.0 cm³/mol. The first-order valence-corrected chi connectivity index (χ1v) is 8.23. The van der Waals surface area contributed by atoms with Gasteiger partial charge in [-0.05, 0) is 37.8 Å². The maximum atomic E-state index is 11.8. The molecule has 0 bridgehead atoms. The Morgan fingerprint density at radius 1 is 1.39 bits per heavy atom. The molecule has 1 aromatic rings. The lowest BCUT2D eigenvalue weighted by molar-refractivity contribution is -0.120. The number of anilines is 1. The third-order valence-electron chi connectivity index (χ3n) is 4.38. The normalized spacial score (nSPS) is 15.3. The summed E-state index contributed by atoms with van der Waals surface area (Å²) in [5, 5.41) is 2.82. The molecule has 0 unspecified atom stereocenters. The van der Waals surface area contributed by atoms with E-state index >= 15 is 0 Å². The van der Waals surface area contributed by atoms with Gasteiger partial charge in [0.25, 0.3) is 0 Å². The van der Waals surface area contributed by atoms with Crippen molar-refractivity contribution in [3.05, 3.63) is 29.8 Å². The molecule has 23 heavy (non-hydrogen) atoms. The Bertz CT molecular complexity index is 527. The first-order chi connectivity index (χ1) is 11.2. The third kappa shape index (κ3) is 4.61. The number of likely N-dealkylation sites (tertiary alicyclic amines) is 1. The van der Waals surface area contributed by atoms with E-state index in [2.05, 4.69) is 5.32 Å². The number of hydrogen-bond donors (Lipinski definition) is 2. The van der Waals surface area contributed by atoms with Crippen molar-refractivity contribution in [2.45, 2.75) is 32.2 Å². The minimum atomic E-state index is -0.0133. The number of hydrogen-bond acceptors (Lipinski definition) is 3. The van der Waals surface area contributed by atoms with Crippen LogP contribution in [0.3, 0.4) is 0 Å². The van der Waals surface area contributed by atoms with Crippen molar-refractivity contribution in [1.29, 1.82) is 0 Å². The summed E-state index contributed by atoms with van der Waals surface area (Å²) in [6, 6.07) is 7.93. The lowest BCUT2D eigenvalue weighted by Crippen LogP contribution is -2.49. The Labute approximate surface area is 137 Å². The van der Waals surface area contributed by atoms with Crippen LogP contribution in [0.1, 0.15) is 25.3 Å². The van der Waals surface area contributed by atoms with E-state index in [1.165, 1.54) is 0 Å². The average molecular weight is 318 g/mol. The molecule has 1 fully saturated rings. The quantitative estimate of drug-likeness (QED) is 0.616. The van der Waals surface area contributed by atoms with Crippen molar-refractivity contribution in [3.63, 3.8) is 0 Å². The van der Waals surface area contributed by atoms with Crippen LogP contribution in [0.25, 0.3) is 0 Å². The summed E-state index contributed by atoms with van der Waals surface area (Å²) in [7, 11) is 0. The molecule has 0 radical (unpaired) electrons. The zero-order valence-corrected chi connectivity index (χ0v) is 13.7. The second-order valence-electron chi connectivity index (χ2n) is 5.85. The van der Waals surface area contributed by atoms with Gasteiger partial charge in [0, 0.05) is 37.9 Å². The molecule has 1 aromatic carbocycles. The summed E-state index contributed by atoms with van der Waals surface area (Å²) in [4.78, 5) is 26.9. The van der Waals surface area contributed by atoms with Gasteiger partial charge in [-0.2, -0.15) is 0 Å². The molecule has 3 N–H and O–H groups in total. The first kappa shape index (κ1) is 17.1. The fraction of sp³-hybridized carbons (Fsp3) is 0.529. The van der Waals surface area contributed by atoms with Crippen LogP contribution in [0.2, 0.25) is 0 Å². The Kier molecular flexibility index (Phi) is 6.26. The van der Waals surface area contributed by atoms with Crippen molar-refractivity contribution in [3.8, 4) is 0 Å². The largest absolute Gasteiger partial charge is 0.399 e. The van der Waals surface area contributed by atoms with E-state index in [0.717, 1.165) is 36.9 Å². The Balaban J connectivity index is 1.84. The second-order valence-corrected chi connectivity index (χ2v) is 5.85. The lowest BCUT2D eigenvalue weighted by Gasteiger charge is -2.36. The monoisotopic (exact) mass is 318 g/mol. The van der Waals surface area contributed by atoms with E-state index in [1.54, 1.807) is 0 Å². The molecule has 1 heterocycles. The van der Waals surface area contributed by atoms with Gasteiger partial charge in [-0.25, -0.2) is 4.79 Å². The number of piperidine rings is 1. The minimum absolute atomic E-state index is 0.0133. The van der Waals surface area contributed by atoms with E-state index in [0.29, 0.717) is 26.2 Å². The SMILES string of the molecule is CCNC(=O)N1CCC(N(C=O)CCc2ccccc2N)CC1. The highest BCUT2D eigenvalue weighted by molar-refractivity contribution is 5.74. The number of amides is 3. The fourth-order valence-corrected chi connectivity index (χ4v) is 3.00.